The second-order valence-corrected chi connectivity index (χ2v) is 3.50. The Morgan fingerprint density at radius 2 is 2.43 bits per heavy atom. The van der Waals surface area contributed by atoms with Crippen LogP contribution in [0.25, 0.3) is 0 Å². The first-order chi connectivity index (χ1) is 6.65. The smallest absolute Gasteiger partial charge is 0.223 e. The minimum Gasteiger partial charge on any atom is -0.474 e. The number of hydrogen-bond donors (Lipinski definition) is 1. The molecule has 0 fully saturated rings. The third-order valence-corrected chi connectivity index (χ3v) is 2.14. The summed E-state index contributed by atoms with van der Waals surface area (Å²) in [5, 5.41) is 0. The van der Waals surface area contributed by atoms with Crippen LogP contribution in [0.15, 0.2) is 18.3 Å². The van der Waals surface area contributed by atoms with E-state index in [1.165, 1.54) is 0 Å². The van der Waals surface area contributed by atoms with Crippen LogP contribution in [0.4, 0.5) is 0 Å². The van der Waals surface area contributed by atoms with Gasteiger partial charge in [0.25, 0.3) is 0 Å². The quantitative estimate of drug-likeness (QED) is 0.771. The molecule has 4 heteroatoms. The Bertz CT molecular complexity index is 328. The van der Waals surface area contributed by atoms with E-state index in [9.17, 15) is 0 Å². The van der Waals surface area contributed by atoms with E-state index in [-0.39, 0.29) is 6.10 Å². The number of pyridine rings is 1. The van der Waals surface area contributed by atoms with Crippen LogP contribution >= 0.6 is 12.2 Å². The SMILES string of the molecule is CCC(C)Oc1ncccc1C(N)=S. The molecule has 0 saturated heterocycles. The maximum Gasteiger partial charge on any atom is 0.223 e. The number of ether oxygens (including phenoxy) is 1. The van der Waals surface area contributed by atoms with Crippen LogP contribution in [-0.4, -0.2) is 16.1 Å². The molecule has 1 aromatic rings. The van der Waals surface area contributed by atoms with E-state index >= 15 is 0 Å². The number of hydrogen-bond acceptors (Lipinski definition) is 3. The average Bonchev–Trinajstić information content (AvgIpc) is 2.18. The molecule has 1 unspecified atom stereocenters. The molecule has 1 atom stereocenters. The van der Waals surface area contributed by atoms with Gasteiger partial charge in [-0.1, -0.05) is 19.1 Å². The lowest BCUT2D eigenvalue weighted by atomic mass is 10.2. The number of rotatable bonds is 4. The summed E-state index contributed by atoms with van der Waals surface area (Å²) in [4.78, 5) is 4.41. The molecule has 2 N–H and O–H groups in total. The van der Waals surface area contributed by atoms with Gasteiger partial charge < -0.3 is 10.5 Å². The van der Waals surface area contributed by atoms with Crippen molar-refractivity contribution >= 4 is 17.2 Å². The topological polar surface area (TPSA) is 48.1 Å². The number of aromatic nitrogens is 1. The average molecular weight is 210 g/mol. The van der Waals surface area contributed by atoms with E-state index in [1.807, 2.05) is 19.9 Å². The summed E-state index contributed by atoms with van der Waals surface area (Å²) in [6, 6.07) is 3.60. The molecule has 0 spiro atoms. The van der Waals surface area contributed by atoms with E-state index < -0.39 is 0 Å². The molecule has 0 aliphatic heterocycles. The minimum atomic E-state index is 0.123. The second-order valence-electron chi connectivity index (χ2n) is 3.06. The second kappa shape index (κ2) is 4.91. The molecular formula is C10H14N2OS. The third kappa shape index (κ3) is 2.67. The fourth-order valence-electron chi connectivity index (χ4n) is 0.946. The molecule has 0 aliphatic carbocycles. The first-order valence-corrected chi connectivity index (χ1v) is 4.97. The molecule has 14 heavy (non-hydrogen) atoms. The van der Waals surface area contributed by atoms with Gasteiger partial charge in [0.1, 0.15) is 4.99 Å². The molecule has 0 saturated carbocycles. The lowest BCUT2D eigenvalue weighted by Gasteiger charge is -2.13. The van der Waals surface area contributed by atoms with Gasteiger partial charge in [0.05, 0.1) is 11.7 Å². The molecular weight excluding hydrogens is 196 g/mol. The highest BCUT2D eigenvalue weighted by Crippen LogP contribution is 2.16. The van der Waals surface area contributed by atoms with Crippen molar-refractivity contribution in [1.29, 1.82) is 0 Å². The zero-order valence-electron chi connectivity index (χ0n) is 8.36. The Morgan fingerprint density at radius 1 is 1.71 bits per heavy atom. The number of nitrogens with two attached hydrogens (primary N) is 1. The van der Waals surface area contributed by atoms with Gasteiger partial charge in [0.2, 0.25) is 5.88 Å². The molecule has 0 amide bonds. The van der Waals surface area contributed by atoms with Gasteiger partial charge in [-0.25, -0.2) is 4.98 Å². The molecule has 1 aromatic heterocycles. The number of thiocarbonyl (C=S) groups is 1. The van der Waals surface area contributed by atoms with E-state index in [0.717, 1.165) is 6.42 Å². The van der Waals surface area contributed by atoms with E-state index in [2.05, 4.69) is 4.98 Å². The van der Waals surface area contributed by atoms with Crippen molar-refractivity contribution in [3.8, 4) is 5.88 Å². The van der Waals surface area contributed by atoms with Gasteiger partial charge in [-0.2, -0.15) is 0 Å². The van der Waals surface area contributed by atoms with E-state index in [4.69, 9.17) is 22.7 Å². The van der Waals surface area contributed by atoms with Crippen molar-refractivity contribution < 1.29 is 4.74 Å². The van der Waals surface area contributed by atoms with Crippen molar-refractivity contribution in [3.05, 3.63) is 23.9 Å². The summed E-state index contributed by atoms with van der Waals surface area (Å²) in [6.45, 7) is 4.03. The van der Waals surface area contributed by atoms with Crippen LogP contribution in [0.1, 0.15) is 25.8 Å². The largest absolute Gasteiger partial charge is 0.474 e. The molecule has 76 valence electrons. The highest BCUT2D eigenvalue weighted by Gasteiger charge is 2.09. The Kier molecular flexibility index (Phi) is 3.83. The van der Waals surface area contributed by atoms with Gasteiger partial charge in [-0.3, -0.25) is 0 Å². The molecule has 0 radical (unpaired) electrons. The van der Waals surface area contributed by atoms with Crippen molar-refractivity contribution in [1.82, 2.24) is 4.98 Å². The van der Waals surface area contributed by atoms with Gasteiger partial charge in [0, 0.05) is 6.20 Å². The van der Waals surface area contributed by atoms with Crippen molar-refractivity contribution in [2.45, 2.75) is 26.4 Å². The lowest BCUT2D eigenvalue weighted by Crippen LogP contribution is -2.16. The molecule has 1 rings (SSSR count). The Hall–Kier alpha value is -1.16. The zero-order chi connectivity index (χ0) is 10.6. The van der Waals surface area contributed by atoms with Gasteiger partial charge in [-0.05, 0) is 25.5 Å². The predicted molar refractivity (Wildman–Crippen MR) is 60.5 cm³/mol. The molecule has 1 heterocycles. The third-order valence-electron chi connectivity index (χ3n) is 1.92. The van der Waals surface area contributed by atoms with Crippen molar-refractivity contribution in [2.24, 2.45) is 5.73 Å². The van der Waals surface area contributed by atoms with Gasteiger partial charge in [0.15, 0.2) is 0 Å². The highest BCUT2D eigenvalue weighted by molar-refractivity contribution is 7.80. The predicted octanol–water partition coefficient (Wildman–Crippen LogP) is 1.89. The molecule has 0 aliphatic rings. The monoisotopic (exact) mass is 210 g/mol. The first-order valence-electron chi connectivity index (χ1n) is 4.56. The van der Waals surface area contributed by atoms with Crippen molar-refractivity contribution in [3.63, 3.8) is 0 Å². The molecule has 0 bridgehead atoms. The first kappa shape index (κ1) is 10.9. The van der Waals surface area contributed by atoms with Crippen LogP contribution < -0.4 is 10.5 Å². The maximum atomic E-state index is 5.58. The summed E-state index contributed by atoms with van der Waals surface area (Å²) >= 11 is 4.90. The Balaban J connectivity index is 2.90. The maximum absolute atomic E-state index is 5.58. The van der Waals surface area contributed by atoms with E-state index in [0.29, 0.717) is 16.4 Å². The summed E-state index contributed by atoms with van der Waals surface area (Å²) in [7, 11) is 0. The Labute approximate surface area is 89.3 Å². The molecule has 0 aromatic carbocycles. The highest BCUT2D eigenvalue weighted by atomic mass is 32.1. The summed E-state index contributed by atoms with van der Waals surface area (Å²) in [5.74, 6) is 0.523. The van der Waals surface area contributed by atoms with Gasteiger partial charge in [-0.15, -0.1) is 0 Å². The van der Waals surface area contributed by atoms with Crippen LogP contribution in [0.5, 0.6) is 5.88 Å². The summed E-state index contributed by atoms with van der Waals surface area (Å²) in [5.41, 5.74) is 6.24. The van der Waals surface area contributed by atoms with Gasteiger partial charge >= 0.3 is 0 Å². The normalized spacial score (nSPS) is 12.1. The van der Waals surface area contributed by atoms with Crippen molar-refractivity contribution in [2.75, 3.05) is 0 Å². The van der Waals surface area contributed by atoms with Crippen LogP contribution in [0.2, 0.25) is 0 Å². The summed E-state index contributed by atoms with van der Waals surface area (Å²) < 4.78 is 5.58. The minimum absolute atomic E-state index is 0.123. The Morgan fingerprint density at radius 3 is 3.00 bits per heavy atom. The van der Waals surface area contributed by atoms with E-state index in [1.54, 1.807) is 12.3 Å². The van der Waals surface area contributed by atoms with Crippen LogP contribution in [-0.2, 0) is 0 Å². The molecule has 3 nitrogen and oxygen atoms in total. The number of nitrogens with zero attached hydrogens (tertiary/aromatic N) is 1. The van der Waals surface area contributed by atoms with Crippen LogP contribution in [0, 0.1) is 0 Å². The fourth-order valence-corrected chi connectivity index (χ4v) is 1.10. The zero-order valence-corrected chi connectivity index (χ0v) is 9.17. The lowest BCUT2D eigenvalue weighted by molar-refractivity contribution is 0.208. The van der Waals surface area contributed by atoms with Crippen LogP contribution in [0.3, 0.4) is 0 Å². The summed E-state index contributed by atoms with van der Waals surface area (Å²) in [6.07, 6.45) is 2.71. The standard InChI is InChI=1S/C10H14N2OS/c1-3-7(2)13-10-8(9(11)14)5-4-6-12-10/h4-7H,3H2,1-2H3,(H2,11,14). The fraction of sp³-hybridized carbons (Fsp3) is 0.400.